The van der Waals surface area contributed by atoms with Crippen molar-refractivity contribution in [1.29, 1.82) is 0 Å². The summed E-state index contributed by atoms with van der Waals surface area (Å²) in [6, 6.07) is 12.2. The van der Waals surface area contributed by atoms with E-state index in [0.29, 0.717) is 21.8 Å². The zero-order chi connectivity index (χ0) is 20.5. The summed E-state index contributed by atoms with van der Waals surface area (Å²) >= 11 is 6.02. The first-order valence-corrected chi connectivity index (χ1v) is 8.44. The Morgan fingerprint density at radius 2 is 1.89 bits per heavy atom. The van der Waals surface area contributed by atoms with Crippen molar-refractivity contribution in [2.24, 2.45) is 7.05 Å². The second-order valence-electron chi connectivity index (χ2n) is 5.89. The van der Waals surface area contributed by atoms with Gasteiger partial charge in [-0.2, -0.15) is 18.3 Å². The van der Waals surface area contributed by atoms with Gasteiger partial charge in [-0.1, -0.05) is 23.7 Å². The second kappa shape index (κ2) is 7.55. The lowest BCUT2D eigenvalue weighted by Gasteiger charge is -2.12. The quantitative estimate of drug-likeness (QED) is 0.658. The maximum absolute atomic E-state index is 12.9. The van der Waals surface area contributed by atoms with Crippen molar-refractivity contribution in [3.05, 3.63) is 64.8 Å². The Morgan fingerprint density at radius 3 is 2.50 bits per heavy atom. The van der Waals surface area contributed by atoms with Crippen LogP contribution in [-0.2, 0) is 13.2 Å². The molecule has 9 heteroatoms. The molecule has 0 bridgehead atoms. The highest BCUT2D eigenvalue weighted by Crippen LogP contribution is 2.36. The summed E-state index contributed by atoms with van der Waals surface area (Å²) in [7, 11) is 2.80. The fraction of sp³-hybridized carbons (Fsp3) is 0.158. The van der Waals surface area contributed by atoms with E-state index in [2.05, 4.69) is 10.4 Å². The average Bonchev–Trinajstić information content (AvgIpc) is 3.04. The van der Waals surface area contributed by atoms with Gasteiger partial charge in [0.1, 0.15) is 5.75 Å². The number of nitrogens with one attached hydrogen (secondary N) is 1. The van der Waals surface area contributed by atoms with Crippen molar-refractivity contribution in [3.8, 4) is 17.0 Å². The summed E-state index contributed by atoms with van der Waals surface area (Å²) in [4.78, 5) is 12.4. The number of ether oxygens (including phenoxy) is 1. The zero-order valence-electron chi connectivity index (χ0n) is 14.8. The molecule has 0 aliphatic carbocycles. The van der Waals surface area contributed by atoms with Gasteiger partial charge >= 0.3 is 6.18 Å². The van der Waals surface area contributed by atoms with E-state index >= 15 is 0 Å². The van der Waals surface area contributed by atoms with E-state index in [1.807, 2.05) is 0 Å². The molecule has 146 valence electrons. The topological polar surface area (TPSA) is 56.1 Å². The minimum atomic E-state index is -4.55. The number of nitrogens with zero attached hydrogens (tertiary/aromatic N) is 2. The van der Waals surface area contributed by atoms with Crippen molar-refractivity contribution in [2.45, 2.75) is 6.18 Å². The third-order valence-corrected chi connectivity index (χ3v) is 4.35. The predicted molar refractivity (Wildman–Crippen MR) is 99.6 cm³/mol. The molecule has 0 spiro atoms. The first-order chi connectivity index (χ1) is 13.2. The van der Waals surface area contributed by atoms with Gasteiger partial charge in [-0.15, -0.1) is 0 Å². The minimum Gasteiger partial charge on any atom is -0.496 e. The Labute approximate surface area is 163 Å². The van der Waals surface area contributed by atoms with E-state index in [0.717, 1.165) is 10.7 Å². The Balaban J connectivity index is 1.92. The molecule has 28 heavy (non-hydrogen) atoms. The molecule has 3 rings (SSSR count). The summed E-state index contributed by atoms with van der Waals surface area (Å²) in [6.07, 6.45) is -4.55. The van der Waals surface area contributed by atoms with Crippen molar-refractivity contribution in [2.75, 3.05) is 12.4 Å². The number of rotatable bonds is 4. The molecule has 0 saturated carbocycles. The fourth-order valence-corrected chi connectivity index (χ4v) is 2.90. The second-order valence-corrected chi connectivity index (χ2v) is 6.29. The van der Waals surface area contributed by atoms with Crippen LogP contribution >= 0.6 is 11.6 Å². The highest BCUT2D eigenvalue weighted by Gasteiger charge is 2.35. The monoisotopic (exact) mass is 409 g/mol. The number of hydrogen-bond donors (Lipinski definition) is 1. The number of amides is 1. The molecule has 0 saturated heterocycles. The largest absolute Gasteiger partial charge is 0.496 e. The summed E-state index contributed by atoms with van der Waals surface area (Å²) < 4.78 is 45.2. The van der Waals surface area contributed by atoms with Crippen LogP contribution in [0.1, 0.15) is 16.1 Å². The van der Waals surface area contributed by atoms with Gasteiger partial charge in [-0.25, -0.2) is 0 Å². The first kappa shape index (κ1) is 19.8. The van der Waals surface area contributed by atoms with E-state index in [1.165, 1.54) is 20.2 Å². The Hall–Kier alpha value is -3.00. The van der Waals surface area contributed by atoms with Crippen LogP contribution in [0.2, 0.25) is 5.02 Å². The number of alkyl halides is 3. The summed E-state index contributed by atoms with van der Waals surface area (Å²) in [5.41, 5.74) is 0.345. The van der Waals surface area contributed by atoms with Crippen LogP contribution in [0.5, 0.6) is 5.75 Å². The molecule has 0 atom stereocenters. The minimum absolute atomic E-state index is 0.230. The Morgan fingerprint density at radius 1 is 1.18 bits per heavy atom. The lowest BCUT2D eigenvalue weighted by molar-refractivity contribution is -0.141. The van der Waals surface area contributed by atoms with Gasteiger partial charge in [0.05, 0.1) is 23.4 Å². The first-order valence-electron chi connectivity index (χ1n) is 8.06. The lowest BCUT2D eigenvalue weighted by Crippen LogP contribution is -2.12. The number of anilines is 1. The summed E-state index contributed by atoms with van der Waals surface area (Å²) in [5.74, 6) is -0.131. The molecule has 2 aromatic carbocycles. The van der Waals surface area contributed by atoms with Gasteiger partial charge in [0, 0.05) is 24.4 Å². The van der Waals surface area contributed by atoms with Gasteiger partial charge in [0.2, 0.25) is 0 Å². The molecular weight excluding hydrogens is 395 g/mol. The third kappa shape index (κ3) is 3.96. The highest BCUT2D eigenvalue weighted by molar-refractivity contribution is 6.34. The van der Waals surface area contributed by atoms with E-state index in [-0.39, 0.29) is 11.4 Å². The standard InChI is InChI=1S/C19H15ClF3N3O2/c1-26-15(10-17(25-26)19(21,22)23)13-8-7-11(9-16(13)28-2)24-18(27)12-5-3-4-6-14(12)20/h3-10H,1-2H3,(H,24,27). The molecule has 0 unspecified atom stereocenters. The Bertz CT molecular complexity index is 1030. The molecule has 0 aliphatic rings. The normalized spacial score (nSPS) is 11.4. The van der Waals surface area contributed by atoms with E-state index < -0.39 is 17.8 Å². The molecule has 3 aromatic rings. The molecule has 1 heterocycles. The van der Waals surface area contributed by atoms with Gasteiger partial charge in [0.15, 0.2) is 5.69 Å². The number of carbonyl (C=O) groups excluding carboxylic acids is 1. The van der Waals surface area contributed by atoms with Crippen LogP contribution in [0.4, 0.5) is 18.9 Å². The van der Waals surface area contributed by atoms with Gasteiger partial charge in [0.25, 0.3) is 5.91 Å². The maximum Gasteiger partial charge on any atom is 0.435 e. The van der Waals surface area contributed by atoms with Crippen molar-refractivity contribution >= 4 is 23.2 Å². The maximum atomic E-state index is 12.9. The molecule has 0 fully saturated rings. The van der Waals surface area contributed by atoms with E-state index in [9.17, 15) is 18.0 Å². The van der Waals surface area contributed by atoms with Crippen molar-refractivity contribution < 1.29 is 22.7 Å². The molecule has 1 aromatic heterocycles. The highest BCUT2D eigenvalue weighted by atomic mass is 35.5. The summed E-state index contributed by atoms with van der Waals surface area (Å²) in [6.45, 7) is 0. The van der Waals surface area contributed by atoms with Crippen LogP contribution in [0.3, 0.4) is 0 Å². The fourth-order valence-electron chi connectivity index (χ4n) is 2.68. The van der Waals surface area contributed by atoms with Crippen molar-refractivity contribution in [3.63, 3.8) is 0 Å². The predicted octanol–water partition coefficient (Wildman–Crippen LogP) is 5.02. The van der Waals surface area contributed by atoms with E-state index in [4.69, 9.17) is 16.3 Å². The lowest BCUT2D eigenvalue weighted by atomic mass is 10.1. The number of methoxy groups -OCH3 is 1. The van der Waals surface area contributed by atoms with Crippen molar-refractivity contribution in [1.82, 2.24) is 9.78 Å². The zero-order valence-corrected chi connectivity index (χ0v) is 15.6. The third-order valence-electron chi connectivity index (χ3n) is 4.02. The molecule has 1 amide bonds. The number of halogens is 4. The van der Waals surface area contributed by atoms with Gasteiger partial charge in [-0.05, 0) is 30.3 Å². The number of benzene rings is 2. The molecule has 0 radical (unpaired) electrons. The SMILES string of the molecule is COc1cc(NC(=O)c2ccccc2Cl)ccc1-c1cc(C(F)(F)F)nn1C. The number of hydrogen-bond acceptors (Lipinski definition) is 3. The van der Waals surface area contributed by atoms with Crippen LogP contribution in [-0.4, -0.2) is 22.8 Å². The number of carbonyl (C=O) groups is 1. The van der Waals surface area contributed by atoms with Crippen LogP contribution in [0, 0.1) is 0 Å². The molecule has 1 N–H and O–H groups in total. The number of aryl methyl sites for hydroxylation is 1. The molecular formula is C19H15ClF3N3O2. The van der Waals surface area contributed by atoms with Gasteiger partial charge in [-0.3, -0.25) is 9.48 Å². The smallest absolute Gasteiger partial charge is 0.435 e. The Kier molecular flexibility index (Phi) is 5.33. The van der Waals surface area contributed by atoms with E-state index in [1.54, 1.807) is 36.4 Å². The van der Waals surface area contributed by atoms with Crippen LogP contribution < -0.4 is 10.1 Å². The molecule has 0 aliphatic heterocycles. The van der Waals surface area contributed by atoms with Gasteiger partial charge < -0.3 is 10.1 Å². The van der Waals surface area contributed by atoms with Crippen LogP contribution in [0.25, 0.3) is 11.3 Å². The average molecular weight is 410 g/mol. The number of aromatic nitrogens is 2. The van der Waals surface area contributed by atoms with Crippen LogP contribution in [0.15, 0.2) is 48.5 Å². The molecule has 5 nitrogen and oxygen atoms in total. The summed E-state index contributed by atoms with van der Waals surface area (Å²) in [5, 5.41) is 6.50.